The highest BCUT2D eigenvalue weighted by molar-refractivity contribution is 5.51. The Morgan fingerprint density at radius 2 is 1.89 bits per heavy atom. The van der Waals surface area contributed by atoms with Crippen molar-refractivity contribution in [1.82, 2.24) is 4.90 Å². The second-order valence-corrected chi connectivity index (χ2v) is 6.33. The Bertz CT molecular complexity index is 419. The first kappa shape index (κ1) is 13.0. The number of rotatable bonds is 2. The molecule has 1 aromatic rings. The number of nitrogen functional groups attached to an aromatic ring is 1. The van der Waals surface area contributed by atoms with Gasteiger partial charge in [-0.3, -0.25) is 4.90 Å². The van der Waals surface area contributed by atoms with Gasteiger partial charge in [0.1, 0.15) is 0 Å². The summed E-state index contributed by atoms with van der Waals surface area (Å²) in [7, 11) is 0. The van der Waals surface area contributed by atoms with Gasteiger partial charge in [-0.1, -0.05) is 37.8 Å². The zero-order valence-electron chi connectivity index (χ0n) is 11.9. The van der Waals surface area contributed by atoms with Crippen LogP contribution in [0, 0.1) is 5.92 Å². The van der Waals surface area contributed by atoms with Crippen LogP contribution in [0.5, 0.6) is 0 Å². The summed E-state index contributed by atoms with van der Waals surface area (Å²) in [6.07, 6.45) is 9.83. The van der Waals surface area contributed by atoms with Gasteiger partial charge in [-0.15, -0.1) is 0 Å². The lowest BCUT2D eigenvalue weighted by Crippen LogP contribution is -2.35. The van der Waals surface area contributed by atoms with Crippen LogP contribution in [-0.4, -0.2) is 18.0 Å². The predicted octanol–water partition coefficient (Wildman–Crippen LogP) is 3.60. The summed E-state index contributed by atoms with van der Waals surface area (Å²) in [4.78, 5) is 2.63. The van der Waals surface area contributed by atoms with Gasteiger partial charge < -0.3 is 5.73 Å². The lowest BCUT2D eigenvalue weighted by molar-refractivity contribution is 0.203. The number of hydrogen-bond donors (Lipinski definition) is 1. The molecule has 2 heteroatoms. The number of nitrogens with zero attached hydrogens (tertiary/aromatic N) is 1. The van der Waals surface area contributed by atoms with Gasteiger partial charge in [0, 0.05) is 25.3 Å². The number of fused-ring (bicyclic) bond motifs is 1. The van der Waals surface area contributed by atoms with E-state index in [4.69, 9.17) is 5.73 Å². The normalized spacial score (nSPS) is 21.9. The van der Waals surface area contributed by atoms with E-state index in [-0.39, 0.29) is 0 Å². The molecule has 2 N–H and O–H groups in total. The lowest BCUT2D eigenvalue weighted by Gasteiger charge is -2.32. The molecule has 0 amide bonds. The Labute approximate surface area is 117 Å². The highest BCUT2D eigenvalue weighted by atomic mass is 15.1. The number of hydrogen-bond acceptors (Lipinski definition) is 2. The average Bonchev–Trinajstić information content (AvgIpc) is 2.68. The highest BCUT2D eigenvalue weighted by Gasteiger charge is 2.21. The summed E-state index contributed by atoms with van der Waals surface area (Å²) in [6.45, 7) is 3.57. The average molecular weight is 258 g/mol. The number of benzene rings is 1. The fraction of sp³-hybridized carbons (Fsp3) is 0.647. The Kier molecular flexibility index (Phi) is 4.07. The van der Waals surface area contributed by atoms with Crippen molar-refractivity contribution >= 4 is 5.69 Å². The van der Waals surface area contributed by atoms with E-state index in [9.17, 15) is 0 Å². The Hall–Kier alpha value is -1.02. The third-order valence-corrected chi connectivity index (χ3v) is 4.88. The molecule has 1 heterocycles. The van der Waals surface area contributed by atoms with Crippen LogP contribution in [0.4, 0.5) is 5.69 Å². The van der Waals surface area contributed by atoms with Crippen LogP contribution in [0.1, 0.15) is 49.7 Å². The quantitative estimate of drug-likeness (QED) is 0.649. The maximum Gasteiger partial charge on any atom is 0.0362 e. The molecule has 1 aromatic carbocycles. The summed E-state index contributed by atoms with van der Waals surface area (Å²) in [6, 6.07) is 6.39. The molecule has 0 atom stereocenters. The molecule has 19 heavy (non-hydrogen) atoms. The fourth-order valence-electron chi connectivity index (χ4n) is 3.73. The monoisotopic (exact) mass is 258 g/mol. The first-order chi connectivity index (χ1) is 9.33. The molecule has 0 aromatic heterocycles. The van der Waals surface area contributed by atoms with Crippen LogP contribution in [0.25, 0.3) is 0 Å². The molecule has 0 bridgehead atoms. The van der Waals surface area contributed by atoms with E-state index in [0.29, 0.717) is 0 Å². The zero-order valence-corrected chi connectivity index (χ0v) is 11.9. The van der Waals surface area contributed by atoms with E-state index in [1.807, 2.05) is 6.07 Å². The molecule has 0 unspecified atom stereocenters. The summed E-state index contributed by atoms with van der Waals surface area (Å²) in [5, 5.41) is 0. The summed E-state index contributed by atoms with van der Waals surface area (Å²) in [5.41, 5.74) is 9.98. The number of anilines is 1. The van der Waals surface area contributed by atoms with Crippen molar-refractivity contribution in [3.63, 3.8) is 0 Å². The molecule has 104 valence electrons. The van der Waals surface area contributed by atoms with Gasteiger partial charge in [0.25, 0.3) is 0 Å². The first-order valence-corrected chi connectivity index (χ1v) is 7.91. The van der Waals surface area contributed by atoms with Crippen LogP contribution in [0.15, 0.2) is 18.2 Å². The van der Waals surface area contributed by atoms with Crippen molar-refractivity contribution in [2.45, 2.75) is 51.5 Å². The van der Waals surface area contributed by atoms with Gasteiger partial charge in [0.15, 0.2) is 0 Å². The molecule has 0 radical (unpaired) electrons. The Balaban J connectivity index is 1.63. The topological polar surface area (TPSA) is 29.3 Å². The minimum Gasteiger partial charge on any atom is -0.398 e. The van der Waals surface area contributed by atoms with Gasteiger partial charge in [-0.2, -0.15) is 0 Å². The van der Waals surface area contributed by atoms with Gasteiger partial charge in [-0.25, -0.2) is 0 Å². The van der Waals surface area contributed by atoms with E-state index < -0.39 is 0 Å². The summed E-state index contributed by atoms with van der Waals surface area (Å²) in [5.74, 6) is 0.925. The largest absolute Gasteiger partial charge is 0.398 e. The van der Waals surface area contributed by atoms with Crippen LogP contribution in [0.2, 0.25) is 0 Å². The second-order valence-electron chi connectivity index (χ2n) is 6.33. The van der Waals surface area contributed by atoms with Crippen molar-refractivity contribution in [2.75, 3.05) is 18.8 Å². The SMILES string of the molecule is Nc1cccc2c1CN(CC1CCCCCC1)CC2. The van der Waals surface area contributed by atoms with E-state index >= 15 is 0 Å². The maximum atomic E-state index is 6.14. The molecule has 1 aliphatic heterocycles. The van der Waals surface area contributed by atoms with E-state index in [1.165, 1.54) is 69.2 Å². The molecular formula is C17H26N2. The summed E-state index contributed by atoms with van der Waals surface area (Å²) >= 11 is 0. The molecule has 1 aliphatic carbocycles. The molecule has 1 fully saturated rings. The first-order valence-electron chi connectivity index (χ1n) is 7.91. The van der Waals surface area contributed by atoms with Crippen LogP contribution < -0.4 is 5.73 Å². The van der Waals surface area contributed by atoms with Gasteiger partial charge in [0.2, 0.25) is 0 Å². The van der Waals surface area contributed by atoms with Gasteiger partial charge in [0.05, 0.1) is 0 Å². The lowest BCUT2D eigenvalue weighted by atomic mass is 9.95. The van der Waals surface area contributed by atoms with E-state index in [1.54, 1.807) is 0 Å². The molecule has 1 saturated carbocycles. The van der Waals surface area contributed by atoms with Crippen LogP contribution in [0.3, 0.4) is 0 Å². The molecule has 0 saturated heterocycles. The minimum absolute atomic E-state index is 0.925. The third-order valence-electron chi connectivity index (χ3n) is 4.88. The molecule has 3 rings (SSSR count). The van der Waals surface area contributed by atoms with Crippen molar-refractivity contribution in [3.05, 3.63) is 29.3 Å². The van der Waals surface area contributed by atoms with E-state index in [2.05, 4.69) is 17.0 Å². The van der Waals surface area contributed by atoms with Crippen molar-refractivity contribution in [3.8, 4) is 0 Å². The standard InChI is InChI=1S/C17H26N2/c18-17-9-5-8-15-10-11-19(13-16(15)17)12-14-6-3-1-2-4-7-14/h5,8-9,14H,1-4,6-7,10-13,18H2. The van der Waals surface area contributed by atoms with Crippen molar-refractivity contribution in [2.24, 2.45) is 5.92 Å². The molecule has 0 spiro atoms. The Morgan fingerprint density at radius 3 is 2.68 bits per heavy atom. The van der Waals surface area contributed by atoms with Gasteiger partial charge >= 0.3 is 0 Å². The second kappa shape index (κ2) is 5.96. The molecule has 2 aliphatic rings. The minimum atomic E-state index is 0.925. The van der Waals surface area contributed by atoms with Crippen molar-refractivity contribution < 1.29 is 0 Å². The van der Waals surface area contributed by atoms with Crippen molar-refractivity contribution in [1.29, 1.82) is 0 Å². The maximum absolute atomic E-state index is 6.14. The fourth-order valence-corrected chi connectivity index (χ4v) is 3.73. The highest BCUT2D eigenvalue weighted by Crippen LogP contribution is 2.28. The van der Waals surface area contributed by atoms with Crippen LogP contribution in [-0.2, 0) is 13.0 Å². The Morgan fingerprint density at radius 1 is 1.11 bits per heavy atom. The third kappa shape index (κ3) is 3.11. The molecule has 2 nitrogen and oxygen atoms in total. The van der Waals surface area contributed by atoms with Gasteiger partial charge in [-0.05, 0) is 42.4 Å². The van der Waals surface area contributed by atoms with E-state index in [0.717, 1.165) is 18.2 Å². The number of nitrogens with two attached hydrogens (primary N) is 1. The van der Waals surface area contributed by atoms with Crippen LogP contribution >= 0.6 is 0 Å². The zero-order chi connectivity index (χ0) is 13.1. The molecular weight excluding hydrogens is 232 g/mol. The smallest absolute Gasteiger partial charge is 0.0362 e. The predicted molar refractivity (Wildman–Crippen MR) is 81.0 cm³/mol. The summed E-state index contributed by atoms with van der Waals surface area (Å²) < 4.78 is 0.